The van der Waals surface area contributed by atoms with Crippen LogP contribution in [0.4, 0.5) is 0 Å². The Morgan fingerprint density at radius 3 is 2.54 bits per heavy atom. The van der Waals surface area contributed by atoms with Crippen LogP contribution in [0.3, 0.4) is 0 Å². The van der Waals surface area contributed by atoms with Crippen molar-refractivity contribution in [1.82, 2.24) is 9.21 Å². The van der Waals surface area contributed by atoms with Crippen molar-refractivity contribution in [1.29, 1.82) is 0 Å². The van der Waals surface area contributed by atoms with Crippen molar-refractivity contribution in [3.8, 4) is 0 Å². The molecule has 3 rings (SSSR count). The predicted molar refractivity (Wildman–Crippen MR) is 90.2 cm³/mol. The lowest BCUT2D eigenvalue weighted by molar-refractivity contribution is -0.138. The van der Waals surface area contributed by atoms with E-state index in [-0.39, 0.29) is 5.91 Å². The summed E-state index contributed by atoms with van der Waals surface area (Å²) in [7, 11) is -3.66. The van der Waals surface area contributed by atoms with E-state index in [0.29, 0.717) is 50.6 Å². The lowest BCUT2D eigenvalue weighted by atomic mass is 10.2. The SMILES string of the molecule is Cc1ccc(S(=O)(=O)N2CCC[C@@H]2C(=O)N2CCOCC2)c(C)c1. The number of ether oxygens (including phenoxy) is 1. The van der Waals surface area contributed by atoms with Gasteiger partial charge in [0.15, 0.2) is 0 Å². The molecular weight excluding hydrogens is 328 g/mol. The van der Waals surface area contributed by atoms with E-state index in [1.54, 1.807) is 24.0 Å². The molecule has 0 N–H and O–H groups in total. The van der Waals surface area contributed by atoms with E-state index in [1.807, 2.05) is 13.0 Å². The summed E-state index contributed by atoms with van der Waals surface area (Å²) in [4.78, 5) is 14.8. The number of morpholine rings is 1. The van der Waals surface area contributed by atoms with Crippen LogP contribution < -0.4 is 0 Å². The van der Waals surface area contributed by atoms with Crippen LogP contribution in [-0.4, -0.2) is 62.4 Å². The molecule has 2 aliphatic heterocycles. The first kappa shape index (κ1) is 17.4. The molecule has 0 saturated carbocycles. The van der Waals surface area contributed by atoms with E-state index in [9.17, 15) is 13.2 Å². The molecule has 1 aromatic rings. The van der Waals surface area contributed by atoms with Crippen LogP contribution in [0.5, 0.6) is 0 Å². The second kappa shape index (κ2) is 6.82. The lowest BCUT2D eigenvalue weighted by Crippen LogP contribution is -2.51. The van der Waals surface area contributed by atoms with Crippen LogP contribution in [-0.2, 0) is 19.6 Å². The topological polar surface area (TPSA) is 66.9 Å². The average Bonchev–Trinajstić information content (AvgIpc) is 3.05. The van der Waals surface area contributed by atoms with Gasteiger partial charge in [-0.2, -0.15) is 4.31 Å². The smallest absolute Gasteiger partial charge is 0.244 e. The highest BCUT2D eigenvalue weighted by atomic mass is 32.2. The number of amides is 1. The summed E-state index contributed by atoms with van der Waals surface area (Å²) in [6.45, 7) is 6.24. The third-order valence-corrected chi connectivity index (χ3v) is 6.80. The minimum absolute atomic E-state index is 0.0934. The van der Waals surface area contributed by atoms with Gasteiger partial charge in [-0.05, 0) is 38.3 Å². The lowest BCUT2D eigenvalue weighted by Gasteiger charge is -2.32. The third kappa shape index (κ3) is 3.20. The standard InChI is InChI=1S/C17H24N2O4S/c1-13-5-6-16(14(2)12-13)24(21,22)19-7-3-4-15(19)17(20)18-8-10-23-11-9-18/h5-6,12,15H,3-4,7-11H2,1-2H3/t15-/m1/s1. The number of aryl methyl sites for hydroxylation is 2. The molecule has 1 amide bonds. The largest absolute Gasteiger partial charge is 0.378 e. The number of carbonyl (C=O) groups excluding carboxylic acids is 1. The van der Waals surface area contributed by atoms with E-state index >= 15 is 0 Å². The first-order chi connectivity index (χ1) is 11.4. The Labute approximate surface area is 143 Å². The fourth-order valence-corrected chi connectivity index (χ4v) is 5.34. The maximum absolute atomic E-state index is 13.1. The van der Waals surface area contributed by atoms with Gasteiger partial charge in [0.1, 0.15) is 6.04 Å². The van der Waals surface area contributed by atoms with Gasteiger partial charge in [0.2, 0.25) is 15.9 Å². The van der Waals surface area contributed by atoms with Crippen LogP contribution in [0.2, 0.25) is 0 Å². The third-order valence-electron chi connectivity index (χ3n) is 4.73. The first-order valence-corrected chi connectivity index (χ1v) is 9.81. The zero-order valence-corrected chi connectivity index (χ0v) is 15.0. The van der Waals surface area contributed by atoms with Crippen molar-refractivity contribution in [3.05, 3.63) is 29.3 Å². The van der Waals surface area contributed by atoms with Gasteiger partial charge in [0, 0.05) is 19.6 Å². The molecule has 0 unspecified atom stereocenters. The Hall–Kier alpha value is -1.44. The molecule has 0 aliphatic carbocycles. The molecular formula is C17H24N2O4S. The molecule has 2 saturated heterocycles. The normalized spacial score (nSPS) is 22.8. The van der Waals surface area contributed by atoms with Crippen LogP contribution in [0.15, 0.2) is 23.1 Å². The van der Waals surface area contributed by atoms with Gasteiger partial charge in [-0.25, -0.2) is 8.42 Å². The number of hydrogen-bond acceptors (Lipinski definition) is 4. The summed E-state index contributed by atoms with van der Waals surface area (Å²) < 4.78 is 32.9. The van der Waals surface area contributed by atoms with Crippen molar-refractivity contribution in [2.24, 2.45) is 0 Å². The van der Waals surface area contributed by atoms with Crippen molar-refractivity contribution >= 4 is 15.9 Å². The van der Waals surface area contributed by atoms with Crippen molar-refractivity contribution in [3.63, 3.8) is 0 Å². The van der Waals surface area contributed by atoms with Crippen molar-refractivity contribution in [2.75, 3.05) is 32.8 Å². The number of sulfonamides is 1. The Morgan fingerprint density at radius 1 is 1.17 bits per heavy atom. The highest BCUT2D eigenvalue weighted by molar-refractivity contribution is 7.89. The van der Waals surface area contributed by atoms with Gasteiger partial charge in [0.25, 0.3) is 0 Å². The van der Waals surface area contributed by atoms with Crippen LogP contribution in [0.25, 0.3) is 0 Å². The van der Waals surface area contributed by atoms with Crippen LogP contribution in [0, 0.1) is 13.8 Å². The molecule has 0 bridgehead atoms. The highest BCUT2D eigenvalue weighted by Gasteiger charge is 2.41. The van der Waals surface area contributed by atoms with E-state index in [4.69, 9.17) is 4.74 Å². The van der Waals surface area contributed by atoms with Gasteiger partial charge in [0.05, 0.1) is 18.1 Å². The number of carbonyl (C=O) groups is 1. The fraction of sp³-hybridized carbons (Fsp3) is 0.588. The molecule has 1 aromatic carbocycles. The predicted octanol–water partition coefficient (Wildman–Crippen LogP) is 1.32. The molecule has 2 fully saturated rings. The molecule has 132 valence electrons. The molecule has 6 nitrogen and oxygen atoms in total. The van der Waals surface area contributed by atoms with Gasteiger partial charge >= 0.3 is 0 Å². The van der Waals surface area contributed by atoms with Crippen molar-refractivity contribution < 1.29 is 17.9 Å². The summed E-state index contributed by atoms with van der Waals surface area (Å²) in [6, 6.07) is 4.72. The van der Waals surface area contributed by atoms with E-state index in [1.165, 1.54) is 4.31 Å². The van der Waals surface area contributed by atoms with Gasteiger partial charge in [-0.15, -0.1) is 0 Å². The summed E-state index contributed by atoms with van der Waals surface area (Å²) in [5, 5.41) is 0. The molecule has 24 heavy (non-hydrogen) atoms. The number of nitrogens with zero attached hydrogens (tertiary/aromatic N) is 2. The van der Waals surface area contributed by atoms with Crippen LogP contribution >= 0.6 is 0 Å². The Kier molecular flexibility index (Phi) is 4.94. The van der Waals surface area contributed by atoms with Gasteiger partial charge in [-0.3, -0.25) is 4.79 Å². The van der Waals surface area contributed by atoms with E-state index in [2.05, 4.69) is 0 Å². The van der Waals surface area contributed by atoms with Crippen LogP contribution in [0.1, 0.15) is 24.0 Å². The number of rotatable bonds is 3. The minimum atomic E-state index is -3.66. The first-order valence-electron chi connectivity index (χ1n) is 8.37. The summed E-state index contributed by atoms with van der Waals surface area (Å²) in [5.74, 6) is -0.0934. The maximum atomic E-state index is 13.1. The van der Waals surface area contributed by atoms with E-state index in [0.717, 1.165) is 11.1 Å². The Morgan fingerprint density at radius 2 is 1.88 bits per heavy atom. The summed E-state index contributed by atoms with van der Waals surface area (Å²) in [6.07, 6.45) is 1.30. The highest BCUT2D eigenvalue weighted by Crippen LogP contribution is 2.29. The second-order valence-electron chi connectivity index (χ2n) is 6.48. The molecule has 1 atom stereocenters. The molecule has 2 aliphatic rings. The molecule has 0 radical (unpaired) electrons. The number of benzene rings is 1. The Bertz CT molecular complexity index is 726. The molecule has 0 aromatic heterocycles. The zero-order chi connectivity index (χ0) is 17.3. The minimum Gasteiger partial charge on any atom is -0.378 e. The second-order valence-corrected chi connectivity index (χ2v) is 8.34. The average molecular weight is 352 g/mol. The van der Waals surface area contributed by atoms with Crippen molar-refractivity contribution in [2.45, 2.75) is 37.6 Å². The van der Waals surface area contributed by atoms with E-state index < -0.39 is 16.1 Å². The zero-order valence-electron chi connectivity index (χ0n) is 14.2. The quantitative estimate of drug-likeness (QED) is 0.823. The molecule has 2 heterocycles. The van der Waals surface area contributed by atoms with Gasteiger partial charge < -0.3 is 9.64 Å². The monoisotopic (exact) mass is 352 g/mol. The summed E-state index contributed by atoms with van der Waals surface area (Å²) in [5.41, 5.74) is 1.74. The maximum Gasteiger partial charge on any atom is 0.244 e. The molecule has 0 spiro atoms. The Balaban J connectivity index is 1.87. The summed E-state index contributed by atoms with van der Waals surface area (Å²) >= 11 is 0. The fourth-order valence-electron chi connectivity index (χ4n) is 3.48. The van der Waals surface area contributed by atoms with Gasteiger partial charge in [-0.1, -0.05) is 17.7 Å². The molecule has 7 heteroatoms. The number of hydrogen-bond donors (Lipinski definition) is 0.